The molecule has 31 heavy (non-hydrogen) atoms. The quantitative estimate of drug-likeness (QED) is 0.256. The number of fused-ring (bicyclic) bond motifs is 3. The number of carbonyl (C=O) groups excluding carboxylic acids is 1. The second kappa shape index (κ2) is 8.89. The summed E-state index contributed by atoms with van der Waals surface area (Å²) in [7, 11) is 3.14. The van der Waals surface area contributed by atoms with Gasteiger partial charge in [-0.1, -0.05) is 48.5 Å². The number of rotatable bonds is 4. The van der Waals surface area contributed by atoms with Gasteiger partial charge in [-0.15, -0.1) is 0 Å². The predicted molar refractivity (Wildman–Crippen MR) is 126 cm³/mol. The Morgan fingerprint density at radius 1 is 0.839 bits per heavy atom. The summed E-state index contributed by atoms with van der Waals surface area (Å²) in [4.78, 5) is 12.6. The zero-order valence-electron chi connectivity index (χ0n) is 17.1. The van der Waals surface area contributed by atoms with Gasteiger partial charge >= 0.3 is 0 Å². The molecule has 7 heteroatoms. The predicted octanol–water partition coefficient (Wildman–Crippen LogP) is 4.13. The number of thiocarbonyl (C=S) groups is 1. The van der Waals surface area contributed by atoms with Crippen molar-refractivity contribution >= 4 is 34.5 Å². The molecule has 0 aromatic heterocycles. The average Bonchev–Trinajstić information content (AvgIpc) is 3.11. The van der Waals surface area contributed by atoms with Crippen molar-refractivity contribution < 1.29 is 14.3 Å². The fraction of sp³-hybridized carbons (Fsp3) is 0.0833. The monoisotopic (exact) mass is 431 g/mol. The van der Waals surface area contributed by atoms with Gasteiger partial charge in [0.25, 0.3) is 5.91 Å². The van der Waals surface area contributed by atoms with E-state index in [1.807, 2.05) is 36.4 Å². The highest BCUT2D eigenvalue weighted by Crippen LogP contribution is 2.43. The van der Waals surface area contributed by atoms with Gasteiger partial charge < -0.3 is 14.8 Å². The number of hydrazine groups is 1. The number of amides is 1. The summed E-state index contributed by atoms with van der Waals surface area (Å²) in [5.41, 5.74) is 11.1. The van der Waals surface area contributed by atoms with Crippen LogP contribution in [0.1, 0.15) is 11.1 Å². The van der Waals surface area contributed by atoms with E-state index in [0.717, 1.165) is 27.8 Å². The van der Waals surface area contributed by atoms with Crippen LogP contribution in [0.2, 0.25) is 0 Å². The van der Waals surface area contributed by atoms with Gasteiger partial charge in [-0.3, -0.25) is 15.6 Å². The molecule has 0 radical (unpaired) electrons. The summed E-state index contributed by atoms with van der Waals surface area (Å²) in [6.45, 7) is 0. The lowest BCUT2D eigenvalue weighted by Crippen LogP contribution is -2.43. The number of carbonyl (C=O) groups is 1. The van der Waals surface area contributed by atoms with Crippen LogP contribution in [0.5, 0.6) is 11.5 Å². The molecule has 0 saturated carbocycles. The first-order valence-electron chi connectivity index (χ1n) is 9.60. The van der Waals surface area contributed by atoms with E-state index in [4.69, 9.17) is 21.7 Å². The first kappa shape index (κ1) is 20.4. The Morgan fingerprint density at radius 3 is 2.03 bits per heavy atom. The Hall–Kier alpha value is -3.84. The van der Waals surface area contributed by atoms with E-state index < -0.39 is 0 Å². The summed E-state index contributed by atoms with van der Waals surface area (Å²) in [6, 6.07) is 21.4. The normalized spacial score (nSPS) is 11.1. The van der Waals surface area contributed by atoms with Crippen molar-refractivity contribution in [3.8, 4) is 22.6 Å². The van der Waals surface area contributed by atoms with Crippen LogP contribution in [-0.2, 0) is 4.79 Å². The Balaban J connectivity index is 1.47. The van der Waals surface area contributed by atoms with E-state index in [1.165, 1.54) is 0 Å². The van der Waals surface area contributed by atoms with Gasteiger partial charge in [0.1, 0.15) is 11.5 Å². The first-order chi connectivity index (χ1) is 15.1. The minimum Gasteiger partial charge on any atom is -0.497 e. The van der Waals surface area contributed by atoms with Crippen molar-refractivity contribution in [2.24, 2.45) is 0 Å². The molecular weight excluding hydrogens is 410 g/mol. The van der Waals surface area contributed by atoms with Gasteiger partial charge in [0.15, 0.2) is 5.11 Å². The Kier molecular flexibility index (Phi) is 5.86. The summed E-state index contributed by atoms with van der Waals surface area (Å²) in [5.74, 6) is 0.930. The molecule has 156 valence electrons. The molecule has 3 aromatic rings. The van der Waals surface area contributed by atoms with Crippen LogP contribution in [0.4, 0.5) is 5.69 Å². The lowest BCUT2D eigenvalue weighted by atomic mass is 10.0. The number of ether oxygens (including phenoxy) is 2. The number of nitrogens with one attached hydrogen (secondary N) is 3. The highest BCUT2D eigenvalue weighted by atomic mass is 32.1. The third kappa shape index (κ3) is 4.22. The maximum Gasteiger partial charge on any atom is 0.263 e. The van der Waals surface area contributed by atoms with Crippen molar-refractivity contribution in [1.82, 2.24) is 10.9 Å². The first-order valence-corrected chi connectivity index (χ1v) is 10.0. The molecule has 0 aliphatic heterocycles. The molecule has 1 aliphatic rings. The second-order valence-corrected chi connectivity index (χ2v) is 7.19. The van der Waals surface area contributed by atoms with Crippen molar-refractivity contribution in [1.29, 1.82) is 0 Å². The largest absolute Gasteiger partial charge is 0.497 e. The van der Waals surface area contributed by atoms with Gasteiger partial charge in [0.05, 0.1) is 19.9 Å². The van der Waals surface area contributed by atoms with Gasteiger partial charge in [-0.2, -0.15) is 0 Å². The van der Waals surface area contributed by atoms with Gasteiger partial charge in [0, 0.05) is 12.1 Å². The average molecular weight is 432 g/mol. The molecular formula is C24H21N3O3S. The third-order valence-corrected chi connectivity index (χ3v) is 5.16. The lowest BCUT2D eigenvalue weighted by molar-refractivity contribution is -0.116. The van der Waals surface area contributed by atoms with Crippen LogP contribution in [0.15, 0.2) is 72.8 Å². The third-order valence-electron chi connectivity index (χ3n) is 4.95. The van der Waals surface area contributed by atoms with E-state index in [2.05, 4.69) is 28.3 Å². The lowest BCUT2D eigenvalue weighted by Gasteiger charge is -2.14. The van der Waals surface area contributed by atoms with Crippen LogP contribution in [0, 0.1) is 0 Å². The molecule has 0 heterocycles. The molecule has 0 unspecified atom stereocenters. The van der Waals surface area contributed by atoms with Crippen molar-refractivity contribution in [3.05, 3.63) is 83.9 Å². The highest BCUT2D eigenvalue weighted by Gasteiger charge is 2.23. The fourth-order valence-corrected chi connectivity index (χ4v) is 3.72. The maximum absolute atomic E-state index is 12.6. The van der Waals surface area contributed by atoms with E-state index in [-0.39, 0.29) is 11.0 Å². The summed E-state index contributed by atoms with van der Waals surface area (Å²) in [6.07, 6.45) is 1.58. The van der Waals surface area contributed by atoms with Gasteiger partial charge in [-0.05, 0) is 52.2 Å². The number of methoxy groups -OCH3 is 2. The van der Waals surface area contributed by atoms with Crippen LogP contribution in [0.25, 0.3) is 16.7 Å². The van der Waals surface area contributed by atoms with Gasteiger partial charge in [-0.25, -0.2) is 0 Å². The summed E-state index contributed by atoms with van der Waals surface area (Å²) >= 11 is 5.30. The van der Waals surface area contributed by atoms with Crippen molar-refractivity contribution in [3.63, 3.8) is 0 Å². The van der Waals surface area contributed by atoms with Crippen LogP contribution in [-0.4, -0.2) is 25.2 Å². The number of hydrogen-bond donors (Lipinski definition) is 3. The minimum absolute atomic E-state index is 0.213. The van der Waals surface area contributed by atoms with E-state index in [9.17, 15) is 4.79 Å². The number of hydrogen-bond acceptors (Lipinski definition) is 4. The molecule has 1 aliphatic carbocycles. The Labute approximate surface area is 185 Å². The van der Waals surface area contributed by atoms with Crippen LogP contribution in [0.3, 0.4) is 0 Å². The molecule has 3 N–H and O–H groups in total. The number of anilines is 1. The maximum atomic E-state index is 12.6. The van der Waals surface area contributed by atoms with Crippen LogP contribution < -0.4 is 25.6 Å². The molecule has 0 bridgehead atoms. The van der Waals surface area contributed by atoms with Crippen LogP contribution >= 0.6 is 12.2 Å². The SMILES string of the molecule is COc1ccc(OC)c(NC(=S)NNC(=O)C=C2c3ccccc3-c3ccccc32)c1. The van der Waals surface area contributed by atoms with E-state index in [0.29, 0.717) is 17.2 Å². The number of benzene rings is 3. The molecule has 0 atom stereocenters. The van der Waals surface area contributed by atoms with E-state index in [1.54, 1.807) is 38.5 Å². The van der Waals surface area contributed by atoms with E-state index >= 15 is 0 Å². The zero-order valence-corrected chi connectivity index (χ0v) is 17.9. The molecule has 3 aromatic carbocycles. The Morgan fingerprint density at radius 2 is 1.45 bits per heavy atom. The fourth-order valence-electron chi connectivity index (χ4n) is 3.56. The highest BCUT2D eigenvalue weighted by molar-refractivity contribution is 7.80. The van der Waals surface area contributed by atoms with Gasteiger partial charge in [0.2, 0.25) is 0 Å². The molecule has 0 fully saturated rings. The Bertz CT molecular complexity index is 1140. The van der Waals surface area contributed by atoms with Crippen molar-refractivity contribution in [2.75, 3.05) is 19.5 Å². The topological polar surface area (TPSA) is 71.6 Å². The molecule has 4 rings (SSSR count). The second-order valence-electron chi connectivity index (χ2n) is 6.78. The molecule has 0 spiro atoms. The van der Waals surface area contributed by atoms with Crippen molar-refractivity contribution in [2.45, 2.75) is 0 Å². The molecule has 1 amide bonds. The zero-order chi connectivity index (χ0) is 21.8. The summed E-state index contributed by atoms with van der Waals surface area (Å²) in [5, 5.41) is 3.21. The minimum atomic E-state index is -0.316. The molecule has 6 nitrogen and oxygen atoms in total. The standard InChI is InChI=1S/C24H21N3O3S/c1-29-15-11-12-22(30-2)21(13-15)25-24(31)27-26-23(28)14-20-18-9-5-3-7-16(18)17-8-4-6-10-19(17)20/h3-14H,1-2H3,(H,26,28)(H2,25,27,31). The summed E-state index contributed by atoms with van der Waals surface area (Å²) < 4.78 is 10.6. The smallest absolute Gasteiger partial charge is 0.263 e. The molecule has 0 saturated heterocycles.